The van der Waals surface area contributed by atoms with E-state index in [1.807, 2.05) is 42.5 Å². The minimum Gasteiger partial charge on any atom is -0.493 e. The Kier molecular flexibility index (Phi) is 8.74. The van der Waals surface area contributed by atoms with Gasteiger partial charge >= 0.3 is 0 Å². The van der Waals surface area contributed by atoms with Crippen LogP contribution in [0, 0.1) is 10.1 Å². The van der Waals surface area contributed by atoms with Crippen molar-refractivity contribution in [3.63, 3.8) is 0 Å². The highest BCUT2D eigenvalue weighted by atomic mass is 35.5. The van der Waals surface area contributed by atoms with Gasteiger partial charge in [-0.05, 0) is 29.7 Å². The Labute approximate surface area is 256 Å². The molecule has 1 aliphatic heterocycles. The summed E-state index contributed by atoms with van der Waals surface area (Å²) in [6.45, 7) is 2.43. The number of methoxy groups -OCH3 is 2. The van der Waals surface area contributed by atoms with Crippen molar-refractivity contribution in [2.24, 2.45) is 0 Å². The number of thiophene rings is 1. The summed E-state index contributed by atoms with van der Waals surface area (Å²) in [7, 11) is 2.81. The lowest BCUT2D eigenvalue weighted by Gasteiger charge is -2.27. The molecule has 3 heterocycles. The minimum absolute atomic E-state index is 0. The molecule has 0 bridgehead atoms. The topological polar surface area (TPSA) is 107 Å². The van der Waals surface area contributed by atoms with Gasteiger partial charge < -0.3 is 14.8 Å². The van der Waals surface area contributed by atoms with Crippen molar-refractivity contribution in [2.75, 3.05) is 26.1 Å². The van der Waals surface area contributed by atoms with Crippen molar-refractivity contribution >= 4 is 61.9 Å². The van der Waals surface area contributed by atoms with Crippen molar-refractivity contribution in [2.45, 2.75) is 19.5 Å². The molecule has 6 rings (SSSR count). The molecule has 1 N–H and O–H groups in total. The molecule has 42 heavy (non-hydrogen) atoms. The first-order chi connectivity index (χ1) is 19.9. The van der Waals surface area contributed by atoms with Crippen LogP contribution in [0.25, 0.3) is 20.8 Å². The van der Waals surface area contributed by atoms with Gasteiger partial charge in [0, 0.05) is 36.1 Å². The van der Waals surface area contributed by atoms with E-state index in [4.69, 9.17) is 14.5 Å². The number of hydrogen-bond acceptors (Lipinski definition) is 9. The third-order valence-electron chi connectivity index (χ3n) is 7.06. The predicted octanol–water partition coefficient (Wildman–Crippen LogP) is 7.18. The van der Waals surface area contributed by atoms with Crippen molar-refractivity contribution in [1.29, 1.82) is 0 Å². The molecule has 0 unspecified atom stereocenters. The quantitative estimate of drug-likeness (QED) is 0.144. The summed E-state index contributed by atoms with van der Waals surface area (Å²) in [6.07, 6.45) is 0.802. The molecule has 0 atom stereocenters. The largest absolute Gasteiger partial charge is 0.493 e. The summed E-state index contributed by atoms with van der Waals surface area (Å²) >= 11 is 3.08. The number of amides is 1. The number of nitro benzene ring substituents is 1. The van der Waals surface area contributed by atoms with Gasteiger partial charge in [-0.3, -0.25) is 19.8 Å². The number of nitro groups is 1. The Morgan fingerprint density at radius 2 is 1.76 bits per heavy atom. The minimum atomic E-state index is -0.597. The van der Waals surface area contributed by atoms with Gasteiger partial charge in [-0.15, -0.1) is 35.1 Å². The Bertz CT molecular complexity index is 1740. The number of carbonyl (C=O) groups is 1. The summed E-state index contributed by atoms with van der Waals surface area (Å²) in [4.78, 5) is 33.4. The van der Waals surface area contributed by atoms with Crippen molar-refractivity contribution in [3.05, 3.63) is 98.4 Å². The highest BCUT2D eigenvalue weighted by Gasteiger charge is 2.30. The van der Waals surface area contributed by atoms with Crippen LogP contribution in [0.2, 0.25) is 0 Å². The van der Waals surface area contributed by atoms with Crippen LogP contribution in [0.3, 0.4) is 0 Å². The molecule has 1 amide bonds. The Morgan fingerprint density at radius 3 is 2.48 bits per heavy atom. The van der Waals surface area contributed by atoms with Crippen LogP contribution in [0.15, 0.2) is 66.7 Å². The lowest BCUT2D eigenvalue weighted by Crippen LogP contribution is -2.29. The first kappa shape index (κ1) is 29.5. The molecule has 12 heteroatoms. The maximum absolute atomic E-state index is 13.6. The molecular formula is C30H27ClN4O5S2. The van der Waals surface area contributed by atoms with E-state index >= 15 is 0 Å². The first-order valence-electron chi connectivity index (χ1n) is 12.9. The molecule has 0 radical (unpaired) electrons. The number of anilines is 1. The molecule has 0 saturated carbocycles. The van der Waals surface area contributed by atoms with Gasteiger partial charge in [0.15, 0.2) is 11.5 Å². The number of carbonyl (C=O) groups excluding carboxylic acids is 1. The maximum atomic E-state index is 13.6. The van der Waals surface area contributed by atoms with Gasteiger partial charge in [0.25, 0.3) is 11.6 Å². The number of fused-ring (bicyclic) bond motifs is 2. The number of halogens is 1. The fourth-order valence-electron chi connectivity index (χ4n) is 5.10. The lowest BCUT2D eigenvalue weighted by molar-refractivity contribution is -0.385. The van der Waals surface area contributed by atoms with E-state index in [-0.39, 0.29) is 35.2 Å². The Morgan fingerprint density at radius 1 is 1.05 bits per heavy atom. The molecule has 216 valence electrons. The number of aromatic nitrogens is 1. The van der Waals surface area contributed by atoms with Crippen LogP contribution >= 0.6 is 35.1 Å². The molecule has 0 aliphatic carbocycles. The Hall–Kier alpha value is -4.03. The zero-order valence-electron chi connectivity index (χ0n) is 22.8. The summed E-state index contributed by atoms with van der Waals surface area (Å²) in [5, 5.41) is 16.3. The van der Waals surface area contributed by atoms with E-state index in [0.717, 1.165) is 57.3 Å². The van der Waals surface area contributed by atoms with Crippen molar-refractivity contribution in [3.8, 4) is 22.1 Å². The predicted molar refractivity (Wildman–Crippen MR) is 169 cm³/mol. The molecule has 0 saturated heterocycles. The second-order valence-electron chi connectivity index (χ2n) is 9.58. The smallest absolute Gasteiger partial charge is 0.286 e. The van der Waals surface area contributed by atoms with Gasteiger partial charge in [-0.1, -0.05) is 42.5 Å². The number of thiazole rings is 1. The molecule has 9 nitrogen and oxygen atoms in total. The number of nitrogens with one attached hydrogen (secondary N) is 1. The molecule has 2 aromatic heterocycles. The average Bonchev–Trinajstić information content (AvgIpc) is 3.57. The fraction of sp³-hybridized carbons (Fsp3) is 0.200. The lowest BCUT2D eigenvalue weighted by atomic mass is 10.0. The van der Waals surface area contributed by atoms with Gasteiger partial charge in [0.2, 0.25) is 0 Å². The first-order valence-corrected chi connectivity index (χ1v) is 14.6. The zero-order valence-corrected chi connectivity index (χ0v) is 25.2. The summed E-state index contributed by atoms with van der Waals surface area (Å²) in [5.41, 5.74) is 3.71. The van der Waals surface area contributed by atoms with Crippen molar-refractivity contribution in [1.82, 2.24) is 9.88 Å². The van der Waals surface area contributed by atoms with E-state index in [1.165, 1.54) is 43.3 Å². The van der Waals surface area contributed by atoms with Crippen LogP contribution in [-0.2, 0) is 19.5 Å². The normalized spacial score (nSPS) is 12.8. The molecule has 1 aliphatic rings. The van der Waals surface area contributed by atoms with E-state index in [0.29, 0.717) is 5.00 Å². The van der Waals surface area contributed by atoms with Crippen LogP contribution in [0.5, 0.6) is 11.5 Å². The second-order valence-corrected chi connectivity index (χ2v) is 11.7. The van der Waals surface area contributed by atoms with E-state index in [1.54, 1.807) is 11.3 Å². The van der Waals surface area contributed by atoms with Gasteiger partial charge in [0.1, 0.15) is 15.6 Å². The zero-order chi connectivity index (χ0) is 28.5. The highest BCUT2D eigenvalue weighted by molar-refractivity contribution is 7.23. The number of hydrogen-bond donors (Lipinski definition) is 1. The molecule has 0 spiro atoms. The molecule has 5 aromatic rings. The van der Waals surface area contributed by atoms with Crippen LogP contribution in [-0.4, -0.2) is 41.5 Å². The highest BCUT2D eigenvalue weighted by Crippen LogP contribution is 2.46. The molecule has 3 aromatic carbocycles. The Balaban J connectivity index is 0.00000353. The number of nitrogens with zero attached hydrogens (tertiary/aromatic N) is 3. The van der Waals surface area contributed by atoms with E-state index in [2.05, 4.69) is 22.3 Å². The standard InChI is InChI=1S/C30H26N4O5S2.ClH/c1-38-23-14-20(22(34(36)37)15-24(23)39-2)28(35)32-30-27(29-31-21-10-6-7-11-25(21)40-29)19-12-13-33(17-26(19)41-30)16-18-8-4-3-5-9-18;/h3-11,14-15H,12-13,16-17H2,1-2H3,(H,32,35);1H. The SMILES string of the molecule is COc1cc(C(=O)Nc2sc3c(c2-c2nc4ccccc4s2)CCN(Cc2ccccc2)C3)c([N+](=O)[O-])cc1OC.Cl. The van der Waals surface area contributed by atoms with Crippen LogP contribution < -0.4 is 14.8 Å². The average molecular weight is 623 g/mol. The third kappa shape index (κ3) is 5.68. The summed E-state index contributed by atoms with van der Waals surface area (Å²) < 4.78 is 11.6. The van der Waals surface area contributed by atoms with E-state index < -0.39 is 10.8 Å². The third-order valence-corrected chi connectivity index (χ3v) is 9.25. The van der Waals surface area contributed by atoms with E-state index in [9.17, 15) is 14.9 Å². The summed E-state index contributed by atoms with van der Waals surface area (Å²) in [6, 6.07) is 20.8. The van der Waals surface area contributed by atoms with Gasteiger partial charge in [-0.25, -0.2) is 4.98 Å². The molecule has 0 fully saturated rings. The second kappa shape index (κ2) is 12.5. The number of rotatable bonds is 8. The van der Waals surface area contributed by atoms with Crippen LogP contribution in [0.1, 0.15) is 26.4 Å². The van der Waals surface area contributed by atoms with Crippen molar-refractivity contribution < 1.29 is 19.2 Å². The number of ether oxygens (including phenoxy) is 2. The summed E-state index contributed by atoms with van der Waals surface area (Å²) in [5.74, 6) is -0.188. The fourth-order valence-corrected chi connectivity index (χ4v) is 7.49. The maximum Gasteiger partial charge on any atom is 0.286 e. The monoisotopic (exact) mass is 622 g/mol. The van der Waals surface area contributed by atoms with Gasteiger partial charge in [0.05, 0.1) is 35.4 Å². The molecular weight excluding hydrogens is 596 g/mol. The van der Waals surface area contributed by atoms with Gasteiger partial charge in [-0.2, -0.15) is 0 Å². The number of para-hydroxylation sites is 1. The number of benzene rings is 3. The van der Waals surface area contributed by atoms with Crippen LogP contribution in [0.4, 0.5) is 10.7 Å².